The minimum Gasteiger partial charge on any atom is -0.465 e. The number of nitrogens with one attached hydrogen (secondary N) is 1. The molecule has 0 aromatic carbocycles. The first-order chi connectivity index (χ1) is 5.24. The van der Waals surface area contributed by atoms with Crippen LogP contribution < -0.4 is 5.32 Å². The lowest BCUT2D eigenvalue weighted by Gasteiger charge is -2.09. The Morgan fingerprint density at radius 3 is 2.91 bits per heavy atom. The van der Waals surface area contributed by atoms with Crippen LogP contribution in [0.15, 0.2) is 0 Å². The zero-order valence-electron chi connectivity index (χ0n) is 6.54. The molecule has 0 spiro atoms. The molecule has 0 bridgehead atoms. The monoisotopic (exact) mass is 175 g/mol. The van der Waals surface area contributed by atoms with Crippen molar-refractivity contribution in [3.05, 3.63) is 0 Å². The van der Waals surface area contributed by atoms with Crippen LogP contribution in [-0.4, -0.2) is 24.0 Å². The van der Waals surface area contributed by atoms with Crippen LogP contribution in [-0.2, 0) is 9.53 Å². The molecule has 3 nitrogen and oxygen atoms in total. The van der Waals surface area contributed by atoms with Gasteiger partial charge in [-0.2, -0.15) is 12.6 Å². The first kappa shape index (κ1) is 8.87. The van der Waals surface area contributed by atoms with Crippen LogP contribution in [0, 0.1) is 0 Å². The Balaban J connectivity index is 2.31. The SMILES string of the molecule is CCOC(=O)C1CCC(S)N1. The van der Waals surface area contributed by atoms with Gasteiger partial charge < -0.3 is 4.74 Å². The Bertz CT molecular complexity index is 151. The summed E-state index contributed by atoms with van der Waals surface area (Å²) >= 11 is 4.20. The summed E-state index contributed by atoms with van der Waals surface area (Å²) in [6.07, 6.45) is 1.78. The van der Waals surface area contributed by atoms with Crippen LogP contribution in [0.1, 0.15) is 19.8 Å². The van der Waals surface area contributed by atoms with Gasteiger partial charge in [-0.3, -0.25) is 10.1 Å². The minimum atomic E-state index is -0.149. The average molecular weight is 175 g/mol. The molecule has 4 heteroatoms. The second-order valence-corrected chi connectivity index (χ2v) is 3.19. The molecule has 2 atom stereocenters. The highest BCUT2D eigenvalue weighted by molar-refractivity contribution is 7.80. The Hall–Kier alpha value is -0.220. The Labute approximate surface area is 71.9 Å². The van der Waals surface area contributed by atoms with Gasteiger partial charge in [-0.25, -0.2) is 0 Å². The van der Waals surface area contributed by atoms with Crippen molar-refractivity contribution in [1.29, 1.82) is 0 Å². The average Bonchev–Trinajstić information content (AvgIpc) is 2.36. The lowest BCUT2D eigenvalue weighted by atomic mass is 10.2. The fourth-order valence-corrected chi connectivity index (χ4v) is 1.48. The van der Waals surface area contributed by atoms with Crippen molar-refractivity contribution >= 4 is 18.6 Å². The van der Waals surface area contributed by atoms with Gasteiger partial charge >= 0.3 is 5.97 Å². The second-order valence-electron chi connectivity index (χ2n) is 2.56. The molecule has 1 aliphatic rings. The quantitative estimate of drug-likeness (QED) is 0.475. The zero-order valence-corrected chi connectivity index (χ0v) is 7.43. The molecule has 0 radical (unpaired) electrons. The summed E-state index contributed by atoms with van der Waals surface area (Å²) in [6.45, 7) is 2.26. The van der Waals surface area contributed by atoms with E-state index in [1.165, 1.54) is 0 Å². The van der Waals surface area contributed by atoms with Crippen molar-refractivity contribution in [2.75, 3.05) is 6.61 Å². The highest BCUT2D eigenvalue weighted by atomic mass is 32.1. The van der Waals surface area contributed by atoms with Gasteiger partial charge in [0.15, 0.2) is 0 Å². The first-order valence-corrected chi connectivity index (χ1v) is 4.36. The number of ether oxygens (including phenoxy) is 1. The van der Waals surface area contributed by atoms with Gasteiger partial charge in [0.2, 0.25) is 0 Å². The summed E-state index contributed by atoms with van der Waals surface area (Å²) in [5.41, 5.74) is 0. The number of carbonyl (C=O) groups is 1. The maximum absolute atomic E-state index is 11.1. The van der Waals surface area contributed by atoms with E-state index >= 15 is 0 Å². The number of hydrogen-bond donors (Lipinski definition) is 2. The molecule has 1 saturated heterocycles. The third kappa shape index (κ3) is 2.38. The molecular formula is C7H13NO2S. The van der Waals surface area contributed by atoms with E-state index in [2.05, 4.69) is 17.9 Å². The number of hydrogen-bond acceptors (Lipinski definition) is 4. The van der Waals surface area contributed by atoms with Gasteiger partial charge in [0.05, 0.1) is 12.0 Å². The number of carbonyl (C=O) groups excluding carboxylic acids is 1. The van der Waals surface area contributed by atoms with Crippen LogP contribution >= 0.6 is 12.6 Å². The molecule has 0 aromatic heterocycles. The largest absolute Gasteiger partial charge is 0.465 e. The van der Waals surface area contributed by atoms with Gasteiger partial charge in [0.25, 0.3) is 0 Å². The van der Waals surface area contributed by atoms with Gasteiger partial charge in [-0.1, -0.05) is 0 Å². The molecule has 0 aromatic rings. The fourth-order valence-electron chi connectivity index (χ4n) is 1.15. The zero-order chi connectivity index (χ0) is 8.27. The molecule has 1 fully saturated rings. The number of esters is 1. The fraction of sp³-hybridized carbons (Fsp3) is 0.857. The smallest absolute Gasteiger partial charge is 0.323 e. The van der Waals surface area contributed by atoms with Gasteiger partial charge in [-0.15, -0.1) is 0 Å². The molecule has 0 amide bonds. The topological polar surface area (TPSA) is 38.3 Å². The summed E-state index contributed by atoms with van der Waals surface area (Å²) in [5.74, 6) is -0.149. The number of thiol groups is 1. The first-order valence-electron chi connectivity index (χ1n) is 3.84. The van der Waals surface area contributed by atoms with Gasteiger partial charge in [0, 0.05) is 0 Å². The maximum atomic E-state index is 11.1. The van der Waals surface area contributed by atoms with Crippen molar-refractivity contribution in [3.8, 4) is 0 Å². The van der Waals surface area contributed by atoms with Crippen LogP contribution in [0.4, 0.5) is 0 Å². The van der Waals surface area contributed by atoms with E-state index in [0.29, 0.717) is 6.61 Å². The summed E-state index contributed by atoms with van der Waals surface area (Å²) in [4.78, 5) is 11.1. The molecule has 0 saturated carbocycles. The van der Waals surface area contributed by atoms with Crippen LogP contribution in [0.3, 0.4) is 0 Å². The highest BCUT2D eigenvalue weighted by Gasteiger charge is 2.27. The molecule has 1 heterocycles. The van der Waals surface area contributed by atoms with E-state index in [4.69, 9.17) is 4.74 Å². The lowest BCUT2D eigenvalue weighted by molar-refractivity contribution is -0.145. The summed E-state index contributed by atoms with van der Waals surface area (Å²) in [5, 5.41) is 3.18. The second kappa shape index (κ2) is 3.97. The Morgan fingerprint density at radius 2 is 2.45 bits per heavy atom. The van der Waals surface area contributed by atoms with Crippen molar-refractivity contribution in [2.45, 2.75) is 31.2 Å². The normalized spacial score (nSPS) is 30.4. The van der Waals surface area contributed by atoms with Gasteiger partial charge in [0.1, 0.15) is 6.04 Å². The third-order valence-corrected chi connectivity index (χ3v) is 2.10. The minimum absolute atomic E-state index is 0.127. The van der Waals surface area contributed by atoms with E-state index < -0.39 is 0 Å². The van der Waals surface area contributed by atoms with E-state index in [-0.39, 0.29) is 17.4 Å². The summed E-state index contributed by atoms with van der Waals surface area (Å²) < 4.78 is 4.84. The molecule has 1 N–H and O–H groups in total. The van der Waals surface area contributed by atoms with E-state index in [9.17, 15) is 4.79 Å². The van der Waals surface area contributed by atoms with Crippen molar-refractivity contribution < 1.29 is 9.53 Å². The van der Waals surface area contributed by atoms with Gasteiger partial charge in [-0.05, 0) is 19.8 Å². The van der Waals surface area contributed by atoms with Crippen molar-refractivity contribution in [1.82, 2.24) is 5.32 Å². The Kier molecular flexibility index (Phi) is 3.20. The van der Waals surface area contributed by atoms with E-state index in [0.717, 1.165) is 12.8 Å². The lowest BCUT2D eigenvalue weighted by Crippen LogP contribution is -2.34. The molecule has 0 aliphatic carbocycles. The third-order valence-electron chi connectivity index (χ3n) is 1.69. The summed E-state index contributed by atoms with van der Waals surface area (Å²) in [6, 6.07) is -0.127. The molecule has 1 rings (SSSR count). The standard InChI is InChI=1S/C7H13NO2S/c1-2-10-7(9)5-3-4-6(11)8-5/h5-6,8,11H,2-4H2,1H3. The van der Waals surface area contributed by atoms with E-state index in [1.807, 2.05) is 6.92 Å². The molecular weight excluding hydrogens is 162 g/mol. The van der Waals surface area contributed by atoms with Crippen molar-refractivity contribution in [2.24, 2.45) is 0 Å². The van der Waals surface area contributed by atoms with Crippen LogP contribution in [0.25, 0.3) is 0 Å². The highest BCUT2D eigenvalue weighted by Crippen LogP contribution is 2.15. The molecule has 64 valence electrons. The van der Waals surface area contributed by atoms with Crippen molar-refractivity contribution in [3.63, 3.8) is 0 Å². The molecule has 2 unspecified atom stereocenters. The Morgan fingerprint density at radius 1 is 1.73 bits per heavy atom. The maximum Gasteiger partial charge on any atom is 0.323 e. The predicted octanol–water partition coefficient (Wildman–Crippen LogP) is 0.557. The molecule has 1 aliphatic heterocycles. The number of rotatable bonds is 2. The predicted molar refractivity (Wildman–Crippen MR) is 45.6 cm³/mol. The van der Waals surface area contributed by atoms with Crippen LogP contribution in [0.5, 0.6) is 0 Å². The van der Waals surface area contributed by atoms with Crippen LogP contribution in [0.2, 0.25) is 0 Å². The summed E-state index contributed by atoms with van der Waals surface area (Å²) in [7, 11) is 0. The van der Waals surface area contributed by atoms with E-state index in [1.54, 1.807) is 0 Å². The molecule has 11 heavy (non-hydrogen) atoms.